The fourth-order valence-electron chi connectivity index (χ4n) is 3.60. The number of carbonyl (C=O) groups excluding carboxylic acids is 1. The van der Waals surface area contributed by atoms with Gasteiger partial charge >= 0.3 is 0 Å². The van der Waals surface area contributed by atoms with Gasteiger partial charge in [-0.3, -0.25) is 9.59 Å². The summed E-state index contributed by atoms with van der Waals surface area (Å²) >= 11 is 5.90. The first-order valence-corrected chi connectivity index (χ1v) is 9.75. The lowest BCUT2D eigenvalue weighted by Gasteiger charge is -2.35. The Bertz CT molecular complexity index is 1070. The Kier molecular flexibility index (Phi) is 5.05. The van der Waals surface area contributed by atoms with Crippen molar-refractivity contribution in [3.05, 3.63) is 69.5 Å². The molecule has 0 atom stereocenters. The van der Waals surface area contributed by atoms with Crippen LogP contribution in [0.2, 0.25) is 5.02 Å². The van der Waals surface area contributed by atoms with Gasteiger partial charge in [-0.25, -0.2) is 4.98 Å². The number of hydrogen-bond donors (Lipinski definition) is 0. The lowest BCUT2D eigenvalue weighted by atomic mass is 10.2. The maximum absolute atomic E-state index is 12.9. The van der Waals surface area contributed by atoms with Crippen molar-refractivity contribution < 1.29 is 4.79 Å². The molecule has 0 radical (unpaired) electrons. The zero-order valence-corrected chi connectivity index (χ0v) is 16.4. The molecule has 1 aliphatic rings. The van der Waals surface area contributed by atoms with Gasteiger partial charge in [-0.05, 0) is 43.3 Å². The number of halogens is 1. The average Bonchev–Trinajstić information content (AvgIpc) is 2.73. The van der Waals surface area contributed by atoms with E-state index in [0.717, 1.165) is 11.0 Å². The number of para-hydroxylation sites is 2. The van der Waals surface area contributed by atoms with Crippen molar-refractivity contribution in [1.82, 2.24) is 14.5 Å². The largest absolute Gasteiger partial charge is 0.348 e. The summed E-state index contributed by atoms with van der Waals surface area (Å²) in [6, 6.07) is 14.6. The van der Waals surface area contributed by atoms with E-state index in [0.29, 0.717) is 49.1 Å². The van der Waals surface area contributed by atoms with Crippen molar-refractivity contribution in [3.63, 3.8) is 0 Å². The highest BCUT2D eigenvalue weighted by Gasteiger charge is 2.25. The van der Waals surface area contributed by atoms with Crippen LogP contribution in [-0.4, -0.2) is 46.5 Å². The van der Waals surface area contributed by atoms with Gasteiger partial charge < -0.3 is 14.4 Å². The molecule has 0 unspecified atom stereocenters. The van der Waals surface area contributed by atoms with Crippen LogP contribution in [0.5, 0.6) is 0 Å². The summed E-state index contributed by atoms with van der Waals surface area (Å²) < 4.78 is 1.75. The quantitative estimate of drug-likeness (QED) is 0.682. The molecule has 0 saturated carbocycles. The normalized spacial score (nSPS) is 14.5. The summed E-state index contributed by atoms with van der Waals surface area (Å²) in [7, 11) is 0. The Hall–Kier alpha value is -2.86. The summed E-state index contributed by atoms with van der Waals surface area (Å²) in [5.41, 5.74) is 2.18. The van der Waals surface area contributed by atoms with E-state index in [4.69, 9.17) is 11.6 Å². The lowest BCUT2D eigenvalue weighted by Crippen LogP contribution is -2.50. The van der Waals surface area contributed by atoms with Crippen LogP contribution in [0.15, 0.2) is 53.3 Å². The number of carbonyl (C=O) groups is 1. The molecule has 1 aromatic heterocycles. The first-order chi connectivity index (χ1) is 13.6. The Morgan fingerprint density at radius 1 is 1.04 bits per heavy atom. The summed E-state index contributed by atoms with van der Waals surface area (Å²) in [6.45, 7) is 4.78. The van der Waals surface area contributed by atoms with Crippen LogP contribution in [0, 0.1) is 0 Å². The minimum Gasteiger partial charge on any atom is -0.348 e. The minimum absolute atomic E-state index is 0.0197. The smallest absolute Gasteiger partial charge is 0.293 e. The lowest BCUT2D eigenvalue weighted by molar-refractivity contribution is 0.0746. The van der Waals surface area contributed by atoms with Gasteiger partial charge in [0, 0.05) is 43.3 Å². The van der Waals surface area contributed by atoms with Crippen molar-refractivity contribution in [2.75, 3.05) is 31.1 Å². The molecule has 3 aromatic rings. The Morgan fingerprint density at radius 3 is 2.39 bits per heavy atom. The molecule has 1 amide bonds. The Morgan fingerprint density at radius 2 is 1.71 bits per heavy atom. The fourth-order valence-corrected chi connectivity index (χ4v) is 3.72. The number of nitrogens with zero attached hydrogens (tertiary/aromatic N) is 4. The second kappa shape index (κ2) is 7.64. The SMILES string of the molecule is CCn1c(=O)c(N2CCN(C(=O)c3ccc(Cl)cc3)CC2)nc2ccccc21. The molecule has 2 heterocycles. The van der Waals surface area contributed by atoms with Gasteiger partial charge in [-0.15, -0.1) is 0 Å². The second-order valence-corrected chi connectivity index (χ2v) is 7.20. The standard InChI is InChI=1S/C21H21ClN4O2/c1-2-26-18-6-4-3-5-17(18)23-19(21(26)28)24-11-13-25(14-12-24)20(27)15-7-9-16(22)10-8-15/h3-10H,2,11-14H2,1H3. The van der Waals surface area contributed by atoms with Crippen molar-refractivity contribution in [3.8, 4) is 0 Å². The highest BCUT2D eigenvalue weighted by molar-refractivity contribution is 6.30. The third-order valence-electron chi connectivity index (χ3n) is 5.11. The van der Waals surface area contributed by atoms with Crippen LogP contribution in [0.1, 0.15) is 17.3 Å². The predicted octanol–water partition coefficient (Wildman–Crippen LogP) is 3.03. The number of rotatable bonds is 3. The number of aryl methyl sites for hydroxylation is 1. The zero-order chi connectivity index (χ0) is 19.7. The molecule has 144 valence electrons. The molecule has 7 heteroatoms. The molecule has 2 aromatic carbocycles. The van der Waals surface area contributed by atoms with Crippen LogP contribution in [0.25, 0.3) is 11.0 Å². The maximum Gasteiger partial charge on any atom is 0.293 e. The molecule has 1 aliphatic heterocycles. The molecule has 1 saturated heterocycles. The highest BCUT2D eigenvalue weighted by atomic mass is 35.5. The first kappa shape index (κ1) is 18.5. The first-order valence-electron chi connectivity index (χ1n) is 9.38. The van der Waals surface area contributed by atoms with E-state index in [2.05, 4.69) is 4.98 Å². The number of aromatic nitrogens is 2. The van der Waals surface area contributed by atoms with Crippen molar-refractivity contribution in [2.24, 2.45) is 0 Å². The average molecular weight is 397 g/mol. The van der Waals surface area contributed by atoms with E-state index in [1.165, 1.54) is 0 Å². The van der Waals surface area contributed by atoms with E-state index in [1.54, 1.807) is 33.7 Å². The third-order valence-corrected chi connectivity index (χ3v) is 5.36. The van der Waals surface area contributed by atoms with E-state index < -0.39 is 0 Å². The zero-order valence-electron chi connectivity index (χ0n) is 15.6. The van der Waals surface area contributed by atoms with Crippen LogP contribution >= 0.6 is 11.6 Å². The minimum atomic E-state index is -0.0846. The summed E-state index contributed by atoms with van der Waals surface area (Å²) in [4.78, 5) is 34.0. The predicted molar refractivity (Wildman–Crippen MR) is 111 cm³/mol. The molecule has 0 bridgehead atoms. The van der Waals surface area contributed by atoms with E-state index in [9.17, 15) is 9.59 Å². The van der Waals surface area contributed by atoms with Gasteiger partial charge in [0.05, 0.1) is 11.0 Å². The molecule has 0 N–H and O–H groups in total. The number of benzene rings is 2. The molecular weight excluding hydrogens is 376 g/mol. The topological polar surface area (TPSA) is 58.4 Å². The molecule has 1 fully saturated rings. The molecule has 0 spiro atoms. The maximum atomic E-state index is 12.9. The van der Waals surface area contributed by atoms with Gasteiger partial charge in [0.25, 0.3) is 11.5 Å². The van der Waals surface area contributed by atoms with Crippen molar-refractivity contribution in [1.29, 1.82) is 0 Å². The van der Waals surface area contributed by atoms with E-state index in [-0.39, 0.29) is 11.5 Å². The number of fused-ring (bicyclic) bond motifs is 1. The van der Waals surface area contributed by atoms with Crippen molar-refractivity contribution in [2.45, 2.75) is 13.5 Å². The van der Waals surface area contributed by atoms with Crippen molar-refractivity contribution >= 4 is 34.4 Å². The third kappa shape index (κ3) is 3.36. The van der Waals surface area contributed by atoms with Crippen LogP contribution in [0.4, 0.5) is 5.82 Å². The van der Waals surface area contributed by atoms with Gasteiger partial charge in [0.2, 0.25) is 0 Å². The van der Waals surface area contributed by atoms with E-state index in [1.807, 2.05) is 36.1 Å². The van der Waals surface area contributed by atoms with E-state index >= 15 is 0 Å². The summed E-state index contributed by atoms with van der Waals surface area (Å²) in [5.74, 6) is 0.438. The second-order valence-electron chi connectivity index (χ2n) is 6.76. The van der Waals surface area contributed by atoms with Gasteiger partial charge in [-0.2, -0.15) is 0 Å². The van der Waals surface area contributed by atoms with Crippen LogP contribution in [-0.2, 0) is 6.54 Å². The van der Waals surface area contributed by atoms with Crippen LogP contribution < -0.4 is 10.5 Å². The van der Waals surface area contributed by atoms with Gasteiger partial charge in [0.15, 0.2) is 5.82 Å². The fraction of sp³-hybridized carbons (Fsp3) is 0.286. The van der Waals surface area contributed by atoms with Crippen LogP contribution in [0.3, 0.4) is 0 Å². The number of hydrogen-bond acceptors (Lipinski definition) is 4. The Labute approximate surface area is 168 Å². The monoisotopic (exact) mass is 396 g/mol. The molecule has 4 rings (SSSR count). The number of anilines is 1. The molecule has 6 nitrogen and oxygen atoms in total. The number of amides is 1. The van der Waals surface area contributed by atoms with Gasteiger partial charge in [0.1, 0.15) is 0 Å². The summed E-state index contributed by atoms with van der Waals surface area (Å²) in [5, 5.41) is 0.607. The summed E-state index contributed by atoms with van der Waals surface area (Å²) in [6.07, 6.45) is 0. The number of piperazine rings is 1. The molecular formula is C21H21ClN4O2. The molecule has 0 aliphatic carbocycles. The molecule has 28 heavy (non-hydrogen) atoms. The van der Waals surface area contributed by atoms with Gasteiger partial charge in [-0.1, -0.05) is 23.7 Å². The Balaban J connectivity index is 1.55. The highest BCUT2D eigenvalue weighted by Crippen LogP contribution is 2.17.